The maximum atomic E-state index is 12.2. The molecule has 2 aromatic carbocycles. The van der Waals surface area contributed by atoms with Crippen LogP contribution in [0.25, 0.3) is 0 Å². The number of nitrogens with one attached hydrogen (secondary N) is 1. The molecule has 1 atom stereocenters. The molecule has 1 amide bonds. The topological polar surface area (TPSA) is 92.7 Å². The molecule has 0 aromatic heterocycles. The summed E-state index contributed by atoms with van der Waals surface area (Å²) in [4.78, 5) is 35.5. The molecule has 0 aliphatic carbocycles. The lowest BCUT2D eigenvalue weighted by Crippen LogP contribution is -2.20. The average Bonchev–Trinajstić information content (AvgIpc) is 2.62. The van der Waals surface area contributed by atoms with Gasteiger partial charge in [-0.15, -0.1) is 0 Å². The first-order valence-electron chi connectivity index (χ1n) is 8.70. The van der Waals surface area contributed by atoms with E-state index in [0.717, 1.165) is 0 Å². The maximum absolute atomic E-state index is 12.2. The summed E-state index contributed by atoms with van der Waals surface area (Å²) < 4.78 is 5.35. The fraction of sp³-hybridized carbons (Fsp3) is 0.286. The van der Waals surface area contributed by atoms with E-state index in [4.69, 9.17) is 4.74 Å². The highest BCUT2D eigenvalue weighted by molar-refractivity contribution is 5.96. The van der Waals surface area contributed by atoms with E-state index in [1.54, 1.807) is 42.5 Å². The molecule has 0 spiro atoms. The fourth-order valence-electron chi connectivity index (χ4n) is 2.32. The molecule has 0 heterocycles. The van der Waals surface area contributed by atoms with Crippen molar-refractivity contribution >= 4 is 23.5 Å². The SMILES string of the molecule is CC(C)C(C)OC(=O)c1ccc(NC(=O)Cc2ccccc2C(=O)O)cc1. The summed E-state index contributed by atoms with van der Waals surface area (Å²) in [7, 11) is 0. The number of rotatable bonds is 7. The van der Waals surface area contributed by atoms with Gasteiger partial charge in [0, 0.05) is 5.69 Å². The van der Waals surface area contributed by atoms with E-state index in [2.05, 4.69) is 5.32 Å². The summed E-state index contributed by atoms with van der Waals surface area (Å²) in [6.45, 7) is 5.78. The highest BCUT2D eigenvalue weighted by atomic mass is 16.5. The second kappa shape index (κ2) is 8.98. The van der Waals surface area contributed by atoms with Crippen LogP contribution in [0.15, 0.2) is 48.5 Å². The van der Waals surface area contributed by atoms with E-state index in [-0.39, 0.29) is 29.9 Å². The Morgan fingerprint density at radius 3 is 2.22 bits per heavy atom. The first-order valence-corrected chi connectivity index (χ1v) is 8.70. The van der Waals surface area contributed by atoms with Gasteiger partial charge in [-0.05, 0) is 48.7 Å². The van der Waals surface area contributed by atoms with E-state index in [9.17, 15) is 19.5 Å². The summed E-state index contributed by atoms with van der Waals surface area (Å²) in [6.07, 6.45) is -0.246. The molecule has 0 saturated heterocycles. The van der Waals surface area contributed by atoms with E-state index < -0.39 is 11.9 Å². The number of carboxylic acids is 1. The van der Waals surface area contributed by atoms with Crippen LogP contribution in [0.2, 0.25) is 0 Å². The number of carbonyl (C=O) groups is 3. The molecular weight excluding hydrogens is 346 g/mol. The van der Waals surface area contributed by atoms with Crippen molar-refractivity contribution in [3.63, 3.8) is 0 Å². The van der Waals surface area contributed by atoms with Crippen LogP contribution in [0, 0.1) is 5.92 Å². The Labute approximate surface area is 158 Å². The van der Waals surface area contributed by atoms with Gasteiger partial charge in [-0.2, -0.15) is 0 Å². The molecule has 0 radical (unpaired) electrons. The van der Waals surface area contributed by atoms with Crippen LogP contribution in [0.5, 0.6) is 0 Å². The normalized spacial score (nSPS) is 11.7. The molecule has 27 heavy (non-hydrogen) atoms. The Morgan fingerprint density at radius 1 is 1.00 bits per heavy atom. The van der Waals surface area contributed by atoms with Crippen LogP contribution >= 0.6 is 0 Å². The lowest BCUT2D eigenvalue weighted by Gasteiger charge is -2.16. The van der Waals surface area contributed by atoms with Gasteiger partial charge in [0.05, 0.1) is 17.5 Å². The highest BCUT2D eigenvalue weighted by Crippen LogP contribution is 2.15. The van der Waals surface area contributed by atoms with Gasteiger partial charge in [-0.25, -0.2) is 9.59 Å². The summed E-state index contributed by atoms with van der Waals surface area (Å²) in [5.74, 6) is -1.60. The molecule has 6 heteroatoms. The molecule has 2 N–H and O–H groups in total. The number of aromatic carboxylic acids is 1. The highest BCUT2D eigenvalue weighted by Gasteiger charge is 2.15. The van der Waals surface area contributed by atoms with Gasteiger partial charge < -0.3 is 15.2 Å². The lowest BCUT2D eigenvalue weighted by molar-refractivity contribution is -0.115. The second-order valence-corrected chi connectivity index (χ2v) is 6.62. The standard InChI is InChI=1S/C21H23NO5/c1-13(2)14(3)27-21(26)15-8-10-17(11-9-15)22-19(23)12-16-6-4-5-7-18(16)20(24)25/h4-11,13-14H,12H2,1-3H3,(H,22,23)(H,24,25). The molecule has 0 saturated carbocycles. The number of anilines is 1. The van der Waals surface area contributed by atoms with Crippen molar-refractivity contribution in [1.29, 1.82) is 0 Å². The molecule has 0 bridgehead atoms. The number of benzene rings is 2. The predicted octanol–water partition coefficient (Wildman–Crippen LogP) is 3.77. The maximum Gasteiger partial charge on any atom is 0.338 e. The summed E-state index contributed by atoms with van der Waals surface area (Å²) in [5.41, 5.74) is 1.45. The van der Waals surface area contributed by atoms with E-state index in [1.807, 2.05) is 20.8 Å². The fourth-order valence-corrected chi connectivity index (χ4v) is 2.32. The summed E-state index contributed by atoms with van der Waals surface area (Å²) in [6, 6.07) is 12.7. The molecular formula is C21H23NO5. The molecule has 0 fully saturated rings. The van der Waals surface area contributed by atoms with Gasteiger partial charge in [0.25, 0.3) is 0 Å². The number of carboxylic acid groups (broad SMARTS) is 1. The van der Waals surface area contributed by atoms with Gasteiger partial charge in [0.1, 0.15) is 6.10 Å². The zero-order chi connectivity index (χ0) is 20.0. The molecule has 0 aliphatic rings. The predicted molar refractivity (Wildman–Crippen MR) is 102 cm³/mol. The summed E-state index contributed by atoms with van der Waals surface area (Å²) >= 11 is 0. The number of esters is 1. The first kappa shape index (κ1) is 20.2. The molecule has 1 unspecified atom stereocenters. The van der Waals surface area contributed by atoms with Crippen molar-refractivity contribution in [2.24, 2.45) is 5.92 Å². The van der Waals surface area contributed by atoms with E-state index >= 15 is 0 Å². The molecule has 2 rings (SSSR count). The third kappa shape index (κ3) is 5.67. The molecule has 0 aliphatic heterocycles. The molecule has 6 nitrogen and oxygen atoms in total. The van der Waals surface area contributed by atoms with Crippen molar-refractivity contribution in [2.45, 2.75) is 33.3 Å². The van der Waals surface area contributed by atoms with Crippen molar-refractivity contribution in [3.8, 4) is 0 Å². The third-order valence-corrected chi connectivity index (χ3v) is 4.23. The van der Waals surface area contributed by atoms with Gasteiger partial charge in [-0.1, -0.05) is 32.0 Å². The van der Waals surface area contributed by atoms with Crippen LogP contribution in [0.3, 0.4) is 0 Å². The Bertz CT molecular complexity index is 827. The first-order chi connectivity index (χ1) is 12.8. The number of hydrogen-bond acceptors (Lipinski definition) is 4. The second-order valence-electron chi connectivity index (χ2n) is 6.62. The Kier molecular flexibility index (Phi) is 6.71. The zero-order valence-electron chi connectivity index (χ0n) is 15.6. The summed E-state index contributed by atoms with van der Waals surface area (Å²) in [5, 5.41) is 11.9. The van der Waals surface area contributed by atoms with Crippen molar-refractivity contribution in [1.82, 2.24) is 0 Å². The largest absolute Gasteiger partial charge is 0.478 e. The molecule has 2 aromatic rings. The lowest BCUT2D eigenvalue weighted by atomic mass is 10.0. The van der Waals surface area contributed by atoms with E-state index in [0.29, 0.717) is 16.8 Å². The van der Waals surface area contributed by atoms with Crippen LogP contribution in [0.4, 0.5) is 5.69 Å². The number of carbonyl (C=O) groups excluding carboxylic acids is 2. The zero-order valence-corrected chi connectivity index (χ0v) is 15.6. The number of ether oxygens (including phenoxy) is 1. The minimum absolute atomic E-state index is 0.0574. The average molecular weight is 369 g/mol. The minimum atomic E-state index is -1.07. The smallest absolute Gasteiger partial charge is 0.338 e. The monoisotopic (exact) mass is 369 g/mol. The third-order valence-electron chi connectivity index (χ3n) is 4.23. The Morgan fingerprint density at radius 2 is 1.63 bits per heavy atom. The van der Waals surface area contributed by atoms with Gasteiger partial charge >= 0.3 is 11.9 Å². The Balaban J connectivity index is 1.99. The van der Waals surface area contributed by atoms with Crippen LogP contribution in [-0.2, 0) is 16.0 Å². The van der Waals surface area contributed by atoms with E-state index in [1.165, 1.54) is 6.07 Å². The van der Waals surface area contributed by atoms with Crippen molar-refractivity contribution < 1.29 is 24.2 Å². The molecule has 142 valence electrons. The van der Waals surface area contributed by atoms with Gasteiger partial charge in [0.2, 0.25) is 5.91 Å². The van der Waals surface area contributed by atoms with Crippen LogP contribution in [0.1, 0.15) is 47.1 Å². The minimum Gasteiger partial charge on any atom is -0.478 e. The van der Waals surface area contributed by atoms with Gasteiger partial charge in [0.15, 0.2) is 0 Å². The van der Waals surface area contributed by atoms with Crippen LogP contribution in [-0.4, -0.2) is 29.1 Å². The van der Waals surface area contributed by atoms with Crippen molar-refractivity contribution in [2.75, 3.05) is 5.32 Å². The number of hydrogen-bond donors (Lipinski definition) is 2. The number of amides is 1. The van der Waals surface area contributed by atoms with Gasteiger partial charge in [-0.3, -0.25) is 4.79 Å². The van der Waals surface area contributed by atoms with Crippen LogP contribution < -0.4 is 5.32 Å². The van der Waals surface area contributed by atoms with Crippen molar-refractivity contribution in [3.05, 3.63) is 65.2 Å². The Hall–Kier alpha value is -3.15. The quantitative estimate of drug-likeness (QED) is 0.725.